The number of amides is 1. The number of piperidine rings is 1. The summed E-state index contributed by atoms with van der Waals surface area (Å²) in [6, 6.07) is 4.15. The van der Waals surface area contributed by atoms with E-state index < -0.39 is 27.8 Å². The number of carboxylic acid groups (broad SMARTS) is 1. The minimum atomic E-state index is -5.08. The molecule has 0 unspecified atom stereocenters. The molecule has 11 nitrogen and oxygen atoms in total. The van der Waals surface area contributed by atoms with Gasteiger partial charge in [-0.3, -0.25) is 0 Å². The van der Waals surface area contributed by atoms with Crippen LogP contribution in [0, 0.1) is 5.82 Å². The van der Waals surface area contributed by atoms with Crippen LogP contribution in [-0.4, -0.2) is 91.7 Å². The third-order valence-corrected chi connectivity index (χ3v) is 7.67. The maximum atomic E-state index is 14.9. The molecular formula is C25H31F4N5O6S. The Balaban J connectivity index is 0.000000587. The predicted octanol–water partition coefficient (Wildman–Crippen LogP) is 3.79. The number of aliphatic carboxylic acids is 1. The predicted molar refractivity (Wildman–Crippen MR) is 141 cm³/mol. The Morgan fingerprint density at radius 2 is 1.76 bits per heavy atom. The summed E-state index contributed by atoms with van der Waals surface area (Å²) >= 11 is 0. The first-order valence-corrected chi connectivity index (χ1v) is 14.5. The summed E-state index contributed by atoms with van der Waals surface area (Å²) < 4.78 is 75.4. The van der Waals surface area contributed by atoms with E-state index in [2.05, 4.69) is 14.9 Å². The van der Waals surface area contributed by atoms with E-state index in [4.69, 9.17) is 14.6 Å². The minimum Gasteiger partial charge on any atom is -0.475 e. The topological polar surface area (TPSA) is 133 Å². The van der Waals surface area contributed by atoms with Gasteiger partial charge in [0.05, 0.1) is 16.7 Å². The van der Waals surface area contributed by atoms with Crippen molar-refractivity contribution in [2.24, 2.45) is 0 Å². The van der Waals surface area contributed by atoms with E-state index in [1.54, 1.807) is 9.80 Å². The van der Waals surface area contributed by atoms with Gasteiger partial charge in [-0.25, -0.2) is 32.4 Å². The second-order valence-corrected chi connectivity index (χ2v) is 11.9. The SMILES string of the molecule is CC(C)OC(=O)N1CCC(N(C)c2ncnc3c2CCN3c2ccc(S(C)(=O)=O)cc2F)CC1.O=C(O)C(F)(F)F. The Bertz CT molecular complexity index is 1380. The maximum Gasteiger partial charge on any atom is 0.490 e. The number of carbonyl (C=O) groups is 2. The van der Waals surface area contributed by atoms with Crippen molar-refractivity contribution in [3.05, 3.63) is 35.9 Å². The fraction of sp³-hybridized carbons (Fsp3) is 0.520. The number of carboxylic acids is 1. The summed E-state index contributed by atoms with van der Waals surface area (Å²) in [5, 5.41) is 7.12. The molecule has 0 atom stereocenters. The number of hydrogen-bond donors (Lipinski definition) is 1. The number of hydrogen-bond acceptors (Lipinski definition) is 9. The maximum absolute atomic E-state index is 14.9. The van der Waals surface area contributed by atoms with Crippen LogP contribution in [0.25, 0.3) is 0 Å². The van der Waals surface area contributed by atoms with E-state index in [-0.39, 0.29) is 28.8 Å². The molecule has 1 fully saturated rings. The molecule has 1 saturated heterocycles. The van der Waals surface area contributed by atoms with Crippen molar-refractivity contribution in [3.63, 3.8) is 0 Å². The van der Waals surface area contributed by atoms with Gasteiger partial charge in [0.25, 0.3) is 0 Å². The van der Waals surface area contributed by atoms with E-state index in [0.717, 1.165) is 36.5 Å². The summed E-state index contributed by atoms with van der Waals surface area (Å²) in [4.78, 5) is 35.6. The monoisotopic (exact) mass is 605 g/mol. The van der Waals surface area contributed by atoms with Crippen molar-refractivity contribution in [1.29, 1.82) is 0 Å². The lowest BCUT2D eigenvalue weighted by Gasteiger charge is -2.37. The number of carbonyl (C=O) groups excluding carboxylic acids is 1. The van der Waals surface area contributed by atoms with Crippen LogP contribution < -0.4 is 9.80 Å². The van der Waals surface area contributed by atoms with Gasteiger partial charge in [0, 0.05) is 44.5 Å². The summed E-state index contributed by atoms with van der Waals surface area (Å²) in [5.41, 5.74) is 1.22. The number of rotatable bonds is 5. The van der Waals surface area contributed by atoms with Crippen LogP contribution in [0.2, 0.25) is 0 Å². The summed E-state index contributed by atoms with van der Waals surface area (Å²) in [7, 11) is -1.51. The Hall–Kier alpha value is -3.69. The highest BCUT2D eigenvalue weighted by Crippen LogP contribution is 2.39. The number of halogens is 4. The third kappa shape index (κ3) is 7.74. The Morgan fingerprint density at radius 3 is 2.27 bits per heavy atom. The molecule has 3 heterocycles. The molecule has 1 N–H and O–H groups in total. The highest BCUT2D eigenvalue weighted by atomic mass is 32.2. The molecule has 1 amide bonds. The molecular weight excluding hydrogens is 574 g/mol. The summed E-state index contributed by atoms with van der Waals surface area (Å²) in [5.74, 6) is -1.94. The molecule has 0 radical (unpaired) electrons. The van der Waals surface area contributed by atoms with Crippen molar-refractivity contribution in [2.45, 2.75) is 56.3 Å². The molecule has 41 heavy (non-hydrogen) atoms. The van der Waals surface area contributed by atoms with Crippen LogP contribution in [0.1, 0.15) is 32.3 Å². The van der Waals surface area contributed by atoms with Gasteiger partial charge in [-0.2, -0.15) is 13.2 Å². The van der Waals surface area contributed by atoms with Crippen molar-refractivity contribution in [3.8, 4) is 0 Å². The molecule has 0 saturated carbocycles. The second kappa shape index (κ2) is 12.4. The van der Waals surface area contributed by atoms with Gasteiger partial charge in [-0.05, 0) is 51.3 Å². The molecule has 0 spiro atoms. The average Bonchev–Trinajstić information content (AvgIpc) is 3.31. The smallest absolute Gasteiger partial charge is 0.475 e. The zero-order valence-corrected chi connectivity index (χ0v) is 23.7. The van der Waals surface area contributed by atoms with Gasteiger partial charge in [-0.15, -0.1) is 0 Å². The first-order valence-electron chi connectivity index (χ1n) is 12.6. The standard InChI is InChI=1S/C23H30FN5O4S.C2HF3O2/c1-15(2)33-23(30)28-10-7-16(8-11-28)27(3)21-18-9-12-29(22(18)26-14-25-21)20-6-5-17(13-19(20)24)34(4,31)32;3-2(4,5)1(6)7/h5-6,13-16H,7-12H2,1-4H3;(H,6,7). The number of anilines is 3. The molecule has 0 bridgehead atoms. The van der Waals surface area contributed by atoms with E-state index >= 15 is 0 Å². The van der Waals surface area contributed by atoms with E-state index in [0.29, 0.717) is 31.9 Å². The van der Waals surface area contributed by atoms with Crippen molar-refractivity contribution in [1.82, 2.24) is 14.9 Å². The number of alkyl halides is 3. The number of sulfone groups is 1. The highest BCUT2D eigenvalue weighted by Gasteiger charge is 2.38. The molecule has 226 valence electrons. The summed E-state index contributed by atoms with van der Waals surface area (Å²) in [6.45, 7) is 5.41. The van der Waals surface area contributed by atoms with Crippen LogP contribution in [0.3, 0.4) is 0 Å². The lowest BCUT2D eigenvalue weighted by Crippen LogP contribution is -2.46. The van der Waals surface area contributed by atoms with E-state index in [1.807, 2.05) is 20.9 Å². The number of likely N-dealkylation sites (tertiary alicyclic amines) is 1. The van der Waals surface area contributed by atoms with Crippen LogP contribution in [0.4, 0.5) is 39.7 Å². The molecule has 0 aliphatic carbocycles. The lowest BCUT2D eigenvalue weighted by molar-refractivity contribution is -0.192. The molecule has 1 aromatic heterocycles. The quantitative estimate of drug-likeness (QED) is 0.502. The van der Waals surface area contributed by atoms with Crippen molar-refractivity contribution < 1.29 is 45.4 Å². The van der Waals surface area contributed by atoms with Gasteiger partial charge in [0.15, 0.2) is 9.84 Å². The minimum absolute atomic E-state index is 0.0556. The Morgan fingerprint density at radius 1 is 1.15 bits per heavy atom. The number of benzene rings is 1. The van der Waals surface area contributed by atoms with Gasteiger partial charge in [0.1, 0.15) is 23.8 Å². The van der Waals surface area contributed by atoms with Crippen LogP contribution in [-0.2, 0) is 25.8 Å². The van der Waals surface area contributed by atoms with E-state index in [9.17, 15) is 30.8 Å². The van der Waals surface area contributed by atoms with Gasteiger partial charge in [0.2, 0.25) is 0 Å². The number of fused-ring (bicyclic) bond motifs is 1. The first-order chi connectivity index (χ1) is 19.0. The number of aromatic nitrogens is 2. The molecule has 4 rings (SSSR count). The largest absolute Gasteiger partial charge is 0.490 e. The van der Waals surface area contributed by atoms with Crippen molar-refractivity contribution in [2.75, 3.05) is 42.7 Å². The van der Waals surface area contributed by atoms with Crippen LogP contribution in [0.15, 0.2) is 29.4 Å². The van der Waals surface area contributed by atoms with Crippen LogP contribution in [0.5, 0.6) is 0 Å². The highest BCUT2D eigenvalue weighted by molar-refractivity contribution is 7.90. The Kier molecular flexibility index (Phi) is 9.66. The third-order valence-electron chi connectivity index (χ3n) is 6.56. The number of nitrogens with zero attached hydrogens (tertiary/aromatic N) is 5. The number of ether oxygens (including phenoxy) is 1. The molecule has 1 aromatic carbocycles. The first kappa shape index (κ1) is 31.8. The van der Waals surface area contributed by atoms with Crippen molar-refractivity contribution >= 4 is 39.2 Å². The fourth-order valence-electron chi connectivity index (χ4n) is 4.54. The average molecular weight is 606 g/mol. The Labute approximate surface area is 234 Å². The summed E-state index contributed by atoms with van der Waals surface area (Å²) in [6.07, 6.45) is -0.768. The zero-order chi connectivity index (χ0) is 30.7. The van der Waals surface area contributed by atoms with Gasteiger partial charge in [-0.1, -0.05) is 0 Å². The fourth-order valence-corrected chi connectivity index (χ4v) is 5.17. The lowest BCUT2D eigenvalue weighted by atomic mass is 10.0. The van der Waals surface area contributed by atoms with E-state index in [1.165, 1.54) is 18.5 Å². The normalized spacial score (nSPS) is 15.7. The zero-order valence-electron chi connectivity index (χ0n) is 22.9. The molecule has 2 aliphatic heterocycles. The van der Waals surface area contributed by atoms with Crippen LogP contribution >= 0.6 is 0 Å². The van der Waals surface area contributed by atoms with Gasteiger partial charge < -0.3 is 24.5 Å². The van der Waals surface area contributed by atoms with Gasteiger partial charge >= 0.3 is 18.2 Å². The molecule has 2 aliphatic rings. The molecule has 2 aromatic rings. The second-order valence-electron chi connectivity index (χ2n) is 9.85. The molecule has 16 heteroatoms.